The summed E-state index contributed by atoms with van der Waals surface area (Å²) in [6.07, 6.45) is 2.35. The van der Waals surface area contributed by atoms with E-state index in [1.807, 2.05) is 38.1 Å². The SMILES string of the molecule is CC1(C)CC(NC(=O)C2(S(C)(=O)=O)CCNCC2)c2ccccc2O1.Cl. The molecule has 8 heteroatoms. The average Bonchev–Trinajstić information content (AvgIpc) is 2.53. The van der Waals surface area contributed by atoms with Gasteiger partial charge in [0.15, 0.2) is 14.6 Å². The Morgan fingerprint density at radius 1 is 1.23 bits per heavy atom. The number of amides is 1. The molecule has 1 amide bonds. The molecule has 0 spiro atoms. The van der Waals surface area contributed by atoms with E-state index in [9.17, 15) is 13.2 Å². The van der Waals surface area contributed by atoms with E-state index in [-0.39, 0.29) is 18.4 Å². The molecular weight excluding hydrogens is 376 g/mol. The Morgan fingerprint density at radius 2 is 1.85 bits per heavy atom. The third kappa shape index (κ3) is 3.85. The molecule has 0 bridgehead atoms. The summed E-state index contributed by atoms with van der Waals surface area (Å²) in [6, 6.07) is 7.33. The molecule has 1 aromatic carbocycles. The molecule has 1 saturated heterocycles. The van der Waals surface area contributed by atoms with Gasteiger partial charge in [-0.3, -0.25) is 4.79 Å². The van der Waals surface area contributed by atoms with Crippen LogP contribution in [-0.2, 0) is 14.6 Å². The van der Waals surface area contributed by atoms with Crippen LogP contribution in [0.5, 0.6) is 5.75 Å². The van der Waals surface area contributed by atoms with Crippen molar-refractivity contribution in [2.24, 2.45) is 0 Å². The minimum absolute atomic E-state index is 0. The van der Waals surface area contributed by atoms with Crippen molar-refractivity contribution < 1.29 is 17.9 Å². The highest BCUT2D eigenvalue weighted by Gasteiger charge is 2.49. The highest BCUT2D eigenvalue weighted by molar-refractivity contribution is 7.92. The van der Waals surface area contributed by atoms with Crippen molar-refractivity contribution in [1.29, 1.82) is 0 Å². The average molecular weight is 403 g/mol. The van der Waals surface area contributed by atoms with Gasteiger partial charge in [-0.25, -0.2) is 8.42 Å². The summed E-state index contributed by atoms with van der Waals surface area (Å²) in [5, 5.41) is 6.16. The van der Waals surface area contributed by atoms with Crippen LogP contribution < -0.4 is 15.4 Å². The van der Waals surface area contributed by atoms with Gasteiger partial charge in [0, 0.05) is 18.2 Å². The fourth-order valence-electron chi connectivity index (χ4n) is 3.82. The Bertz CT molecular complexity index is 773. The van der Waals surface area contributed by atoms with Gasteiger partial charge in [0.05, 0.1) is 6.04 Å². The monoisotopic (exact) mass is 402 g/mol. The number of hydrogen-bond donors (Lipinski definition) is 2. The van der Waals surface area contributed by atoms with Crippen molar-refractivity contribution in [1.82, 2.24) is 10.6 Å². The Balaban J connectivity index is 0.00000243. The van der Waals surface area contributed by atoms with Gasteiger partial charge < -0.3 is 15.4 Å². The number of hydrogen-bond acceptors (Lipinski definition) is 5. The maximum atomic E-state index is 13.1. The van der Waals surface area contributed by atoms with Crippen LogP contribution in [0.2, 0.25) is 0 Å². The highest BCUT2D eigenvalue weighted by atomic mass is 35.5. The lowest BCUT2D eigenvalue weighted by Gasteiger charge is -2.40. The lowest BCUT2D eigenvalue weighted by atomic mass is 9.88. The van der Waals surface area contributed by atoms with E-state index in [1.54, 1.807) is 0 Å². The van der Waals surface area contributed by atoms with E-state index in [0.717, 1.165) is 11.3 Å². The number of para-hydroxylation sites is 1. The van der Waals surface area contributed by atoms with Crippen molar-refractivity contribution in [3.8, 4) is 5.75 Å². The fraction of sp³-hybridized carbons (Fsp3) is 0.611. The molecule has 1 atom stereocenters. The minimum Gasteiger partial charge on any atom is -0.487 e. The van der Waals surface area contributed by atoms with E-state index in [2.05, 4.69) is 10.6 Å². The van der Waals surface area contributed by atoms with Crippen LogP contribution in [0.25, 0.3) is 0 Å². The zero-order valence-electron chi connectivity index (χ0n) is 15.4. The molecule has 0 aromatic heterocycles. The Morgan fingerprint density at radius 3 is 2.46 bits per heavy atom. The van der Waals surface area contributed by atoms with Gasteiger partial charge in [-0.15, -0.1) is 12.4 Å². The largest absolute Gasteiger partial charge is 0.487 e. The molecule has 2 aliphatic heterocycles. The number of rotatable bonds is 3. The van der Waals surface area contributed by atoms with Crippen LogP contribution in [0.15, 0.2) is 24.3 Å². The molecule has 2 aliphatic rings. The predicted octanol–water partition coefficient (Wildman–Crippen LogP) is 1.99. The second-order valence-electron chi connectivity index (χ2n) is 7.65. The minimum atomic E-state index is -3.53. The first kappa shape index (κ1) is 21.0. The molecular formula is C18H27ClN2O4S. The molecule has 0 aliphatic carbocycles. The maximum absolute atomic E-state index is 13.1. The van der Waals surface area contributed by atoms with Crippen molar-refractivity contribution in [3.63, 3.8) is 0 Å². The molecule has 1 fully saturated rings. The van der Waals surface area contributed by atoms with Crippen LogP contribution in [0.4, 0.5) is 0 Å². The molecule has 26 heavy (non-hydrogen) atoms. The summed E-state index contributed by atoms with van der Waals surface area (Å²) < 4.78 is 29.5. The van der Waals surface area contributed by atoms with E-state index >= 15 is 0 Å². The van der Waals surface area contributed by atoms with E-state index in [4.69, 9.17) is 4.74 Å². The van der Waals surface area contributed by atoms with Gasteiger partial charge in [-0.05, 0) is 45.8 Å². The predicted molar refractivity (Wildman–Crippen MR) is 104 cm³/mol. The van der Waals surface area contributed by atoms with Gasteiger partial charge in [-0.1, -0.05) is 18.2 Å². The number of fused-ring (bicyclic) bond motifs is 1. The molecule has 0 radical (unpaired) electrons. The summed E-state index contributed by atoms with van der Waals surface area (Å²) in [4.78, 5) is 13.1. The third-order valence-corrected chi connectivity index (χ3v) is 7.23. The number of carbonyl (C=O) groups excluding carboxylic acids is 1. The van der Waals surface area contributed by atoms with Crippen LogP contribution in [0.3, 0.4) is 0 Å². The molecule has 1 unspecified atom stereocenters. The molecule has 146 valence electrons. The molecule has 2 N–H and O–H groups in total. The number of nitrogens with one attached hydrogen (secondary N) is 2. The van der Waals surface area contributed by atoms with Gasteiger partial charge in [0.2, 0.25) is 5.91 Å². The summed E-state index contributed by atoms with van der Waals surface area (Å²) in [6.45, 7) is 4.99. The van der Waals surface area contributed by atoms with Crippen LogP contribution in [-0.4, -0.2) is 44.0 Å². The Hall–Kier alpha value is -1.31. The van der Waals surface area contributed by atoms with Crippen molar-refractivity contribution in [3.05, 3.63) is 29.8 Å². The quantitative estimate of drug-likeness (QED) is 0.807. The molecule has 6 nitrogen and oxygen atoms in total. The van der Waals surface area contributed by atoms with Gasteiger partial charge in [0.25, 0.3) is 0 Å². The first-order valence-corrected chi connectivity index (χ1v) is 10.5. The summed E-state index contributed by atoms with van der Waals surface area (Å²) >= 11 is 0. The second kappa shape index (κ2) is 7.37. The van der Waals surface area contributed by atoms with Crippen LogP contribution >= 0.6 is 12.4 Å². The Labute approximate surface area is 161 Å². The third-order valence-electron chi connectivity index (χ3n) is 5.22. The van der Waals surface area contributed by atoms with Crippen LogP contribution in [0, 0.1) is 0 Å². The number of benzene rings is 1. The number of piperidine rings is 1. The first-order valence-electron chi connectivity index (χ1n) is 8.64. The highest BCUT2D eigenvalue weighted by Crippen LogP contribution is 2.40. The zero-order valence-corrected chi connectivity index (χ0v) is 17.0. The molecule has 2 heterocycles. The standard InChI is InChI=1S/C18H26N2O4S.ClH/c1-17(2)12-14(13-6-4-5-7-15(13)24-17)20-16(21)18(25(3,22)23)8-10-19-11-9-18;/h4-7,14,19H,8-12H2,1-3H3,(H,20,21);1H. The maximum Gasteiger partial charge on any atom is 0.242 e. The van der Waals surface area contributed by atoms with E-state index in [1.165, 1.54) is 6.26 Å². The lowest BCUT2D eigenvalue weighted by Crippen LogP contribution is -2.58. The van der Waals surface area contributed by atoms with Gasteiger partial charge >= 0.3 is 0 Å². The smallest absolute Gasteiger partial charge is 0.242 e. The van der Waals surface area contributed by atoms with Gasteiger partial charge in [-0.2, -0.15) is 0 Å². The number of halogens is 1. The van der Waals surface area contributed by atoms with Gasteiger partial charge in [0.1, 0.15) is 11.4 Å². The Kier molecular flexibility index (Phi) is 5.95. The summed E-state index contributed by atoms with van der Waals surface area (Å²) in [5.41, 5.74) is 0.464. The number of carbonyl (C=O) groups is 1. The molecule has 3 rings (SSSR count). The topological polar surface area (TPSA) is 84.5 Å². The normalized spacial score (nSPS) is 23.7. The zero-order chi connectivity index (χ0) is 18.3. The number of ether oxygens (including phenoxy) is 1. The molecule has 1 aromatic rings. The van der Waals surface area contributed by atoms with Crippen molar-refractivity contribution in [2.75, 3.05) is 19.3 Å². The lowest BCUT2D eigenvalue weighted by molar-refractivity contribution is -0.125. The summed E-state index contributed by atoms with van der Waals surface area (Å²) in [7, 11) is -3.53. The van der Waals surface area contributed by atoms with Crippen molar-refractivity contribution in [2.45, 2.75) is 49.5 Å². The second-order valence-corrected chi connectivity index (χ2v) is 9.97. The molecule has 0 saturated carbocycles. The fourth-order valence-corrected chi connectivity index (χ4v) is 5.16. The van der Waals surface area contributed by atoms with Crippen molar-refractivity contribution >= 4 is 28.2 Å². The summed E-state index contributed by atoms with van der Waals surface area (Å²) in [5.74, 6) is 0.344. The van der Waals surface area contributed by atoms with E-state index in [0.29, 0.717) is 32.4 Å². The van der Waals surface area contributed by atoms with Crippen LogP contribution in [0.1, 0.15) is 44.7 Å². The number of sulfone groups is 1. The first-order chi connectivity index (χ1) is 11.6. The van der Waals surface area contributed by atoms with E-state index < -0.39 is 26.1 Å².